The molecular formula is C17H19NO2. The highest BCUT2D eigenvalue weighted by Crippen LogP contribution is 2.41. The Bertz CT molecular complexity index is 666. The molecule has 1 unspecified atom stereocenters. The third kappa shape index (κ3) is 1.99. The van der Waals surface area contributed by atoms with E-state index in [-0.39, 0.29) is 13.2 Å². The Morgan fingerprint density at radius 2 is 1.75 bits per heavy atom. The van der Waals surface area contributed by atoms with Gasteiger partial charge in [-0.3, -0.25) is 0 Å². The molecule has 1 heterocycles. The summed E-state index contributed by atoms with van der Waals surface area (Å²) in [7, 11) is 0. The smallest absolute Gasteiger partial charge is 0.136 e. The van der Waals surface area contributed by atoms with Crippen LogP contribution in [0.4, 0.5) is 0 Å². The van der Waals surface area contributed by atoms with Gasteiger partial charge in [0.15, 0.2) is 0 Å². The number of aliphatic hydroxyl groups is 1. The molecule has 2 aromatic carbocycles. The lowest BCUT2D eigenvalue weighted by Crippen LogP contribution is -2.40. The average Bonchev–Trinajstić information content (AvgIpc) is 2.56. The summed E-state index contributed by atoms with van der Waals surface area (Å²) < 4.78 is 5.80. The van der Waals surface area contributed by atoms with Crippen molar-refractivity contribution < 1.29 is 9.84 Å². The van der Waals surface area contributed by atoms with E-state index in [2.05, 4.69) is 19.1 Å². The molecule has 0 bridgehead atoms. The van der Waals surface area contributed by atoms with Gasteiger partial charge in [0.25, 0.3) is 0 Å². The van der Waals surface area contributed by atoms with Gasteiger partial charge < -0.3 is 15.6 Å². The standard InChI is InChI=1S/C17H19NO2/c1-11-3-5-15-13(7-11)14-8-12(2)4-6-16(14)20-10-17(15,19)9-18/h3-8,19H,9-10,18H2,1-2H3. The van der Waals surface area contributed by atoms with Crippen LogP contribution in [0.1, 0.15) is 16.7 Å². The summed E-state index contributed by atoms with van der Waals surface area (Å²) in [5, 5.41) is 10.8. The lowest BCUT2D eigenvalue weighted by molar-refractivity contribution is 0.00105. The van der Waals surface area contributed by atoms with Crippen molar-refractivity contribution in [2.45, 2.75) is 19.4 Å². The summed E-state index contributed by atoms with van der Waals surface area (Å²) in [6, 6.07) is 12.1. The van der Waals surface area contributed by atoms with Crippen molar-refractivity contribution in [1.82, 2.24) is 0 Å². The van der Waals surface area contributed by atoms with Gasteiger partial charge in [0.2, 0.25) is 0 Å². The maximum Gasteiger partial charge on any atom is 0.136 e. The molecule has 20 heavy (non-hydrogen) atoms. The predicted octanol–water partition coefficient (Wildman–Crippen LogP) is 2.51. The quantitative estimate of drug-likeness (QED) is 0.836. The van der Waals surface area contributed by atoms with E-state index in [1.54, 1.807) is 0 Å². The lowest BCUT2D eigenvalue weighted by atomic mass is 9.87. The van der Waals surface area contributed by atoms with Gasteiger partial charge in [-0.25, -0.2) is 0 Å². The van der Waals surface area contributed by atoms with Crippen LogP contribution in [0, 0.1) is 13.8 Å². The number of ether oxygens (including phenoxy) is 1. The fourth-order valence-corrected chi connectivity index (χ4v) is 2.71. The van der Waals surface area contributed by atoms with E-state index in [0.717, 1.165) is 33.6 Å². The number of fused-ring (bicyclic) bond motifs is 3. The topological polar surface area (TPSA) is 55.5 Å². The second kappa shape index (κ2) is 4.62. The number of rotatable bonds is 1. The van der Waals surface area contributed by atoms with Crippen LogP contribution in [-0.2, 0) is 5.60 Å². The molecule has 3 heteroatoms. The van der Waals surface area contributed by atoms with Crippen molar-refractivity contribution in [1.29, 1.82) is 0 Å². The van der Waals surface area contributed by atoms with Crippen LogP contribution in [0.5, 0.6) is 5.75 Å². The fourth-order valence-electron chi connectivity index (χ4n) is 2.71. The van der Waals surface area contributed by atoms with Crippen LogP contribution < -0.4 is 10.5 Å². The van der Waals surface area contributed by atoms with Gasteiger partial charge in [-0.15, -0.1) is 0 Å². The number of hydrogen-bond donors (Lipinski definition) is 2. The average molecular weight is 269 g/mol. The Morgan fingerprint density at radius 3 is 2.45 bits per heavy atom. The van der Waals surface area contributed by atoms with Gasteiger partial charge in [0.05, 0.1) is 0 Å². The Kier molecular flexibility index (Phi) is 3.04. The number of aryl methyl sites for hydroxylation is 2. The van der Waals surface area contributed by atoms with Crippen LogP contribution in [0.15, 0.2) is 36.4 Å². The third-order valence-corrected chi connectivity index (χ3v) is 3.91. The summed E-state index contributed by atoms with van der Waals surface area (Å²) in [5.74, 6) is 0.798. The zero-order chi connectivity index (χ0) is 14.3. The normalized spacial score (nSPS) is 20.6. The minimum Gasteiger partial charge on any atom is -0.490 e. The van der Waals surface area contributed by atoms with Gasteiger partial charge in [0, 0.05) is 12.1 Å². The van der Waals surface area contributed by atoms with E-state index < -0.39 is 5.60 Å². The summed E-state index contributed by atoms with van der Waals surface area (Å²) in [6.07, 6.45) is 0. The molecule has 0 saturated carbocycles. The first-order valence-electron chi connectivity index (χ1n) is 6.81. The van der Waals surface area contributed by atoms with Crippen molar-refractivity contribution in [3.8, 4) is 16.9 Å². The first-order valence-corrected chi connectivity index (χ1v) is 6.81. The highest BCUT2D eigenvalue weighted by Gasteiger charge is 2.34. The van der Waals surface area contributed by atoms with E-state index in [1.165, 1.54) is 0 Å². The second-order valence-electron chi connectivity index (χ2n) is 5.57. The van der Waals surface area contributed by atoms with Crippen molar-refractivity contribution in [2.75, 3.05) is 13.2 Å². The molecule has 1 aliphatic rings. The van der Waals surface area contributed by atoms with Gasteiger partial charge in [-0.1, -0.05) is 35.4 Å². The van der Waals surface area contributed by atoms with Crippen molar-refractivity contribution in [3.63, 3.8) is 0 Å². The van der Waals surface area contributed by atoms with E-state index in [1.807, 2.05) is 31.2 Å². The summed E-state index contributed by atoms with van der Waals surface area (Å²) in [6.45, 7) is 4.41. The molecule has 2 aromatic rings. The predicted molar refractivity (Wildman–Crippen MR) is 79.8 cm³/mol. The summed E-state index contributed by atoms with van der Waals surface area (Å²) >= 11 is 0. The molecule has 104 valence electrons. The molecule has 1 atom stereocenters. The molecule has 3 rings (SSSR count). The third-order valence-electron chi connectivity index (χ3n) is 3.91. The second-order valence-corrected chi connectivity index (χ2v) is 5.57. The van der Waals surface area contributed by atoms with Gasteiger partial charge in [-0.05, 0) is 37.1 Å². The van der Waals surface area contributed by atoms with Crippen LogP contribution in [-0.4, -0.2) is 18.3 Å². The SMILES string of the molecule is Cc1ccc2c(c1)-c1cc(C)ccc1C(O)(CN)CO2. The first kappa shape index (κ1) is 13.2. The van der Waals surface area contributed by atoms with Crippen LogP contribution in [0.3, 0.4) is 0 Å². The number of hydrogen-bond acceptors (Lipinski definition) is 3. The number of benzene rings is 2. The molecule has 3 nitrogen and oxygen atoms in total. The van der Waals surface area contributed by atoms with Crippen molar-refractivity contribution >= 4 is 0 Å². The Morgan fingerprint density at radius 1 is 1.10 bits per heavy atom. The van der Waals surface area contributed by atoms with Crippen LogP contribution in [0.25, 0.3) is 11.1 Å². The Hall–Kier alpha value is -1.84. The van der Waals surface area contributed by atoms with E-state index >= 15 is 0 Å². The van der Waals surface area contributed by atoms with Gasteiger partial charge in [-0.2, -0.15) is 0 Å². The van der Waals surface area contributed by atoms with Gasteiger partial charge in [0.1, 0.15) is 18.0 Å². The minimum absolute atomic E-state index is 0.135. The molecule has 1 aliphatic heterocycles. The molecule has 0 spiro atoms. The highest BCUT2D eigenvalue weighted by atomic mass is 16.5. The molecule has 0 aromatic heterocycles. The van der Waals surface area contributed by atoms with E-state index in [4.69, 9.17) is 10.5 Å². The first-order chi connectivity index (χ1) is 9.53. The molecule has 0 fully saturated rings. The minimum atomic E-state index is -1.14. The van der Waals surface area contributed by atoms with Crippen LogP contribution >= 0.6 is 0 Å². The number of nitrogens with two attached hydrogens (primary N) is 1. The molecule has 0 amide bonds. The molecule has 0 saturated heterocycles. The van der Waals surface area contributed by atoms with Crippen molar-refractivity contribution in [2.24, 2.45) is 5.73 Å². The van der Waals surface area contributed by atoms with E-state index in [9.17, 15) is 5.11 Å². The molecule has 0 aliphatic carbocycles. The molecular weight excluding hydrogens is 250 g/mol. The van der Waals surface area contributed by atoms with Crippen LogP contribution in [0.2, 0.25) is 0 Å². The van der Waals surface area contributed by atoms with Gasteiger partial charge >= 0.3 is 0 Å². The highest BCUT2D eigenvalue weighted by molar-refractivity contribution is 5.76. The monoisotopic (exact) mass is 269 g/mol. The molecule has 0 radical (unpaired) electrons. The van der Waals surface area contributed by atoms with E-state index in [0.29, 0.717) is 0 Å². The maximum atomic E-state index is 10.8. The molecule has 3 N–H and O–H groups in total. The largest absolute Gasteiger partial charge is 0.490 e. The Balaban J connectivity index is 2.32. The zero-order valence-electron chi connectivity index (χ0n) is 11.8. The fraction of sp³-hybridized carbons (Fsp3) is 0.294. The maximum absolute atomic E-state index is 10.8. The lowest BCUT2D eigenvalue weighted by Gasteiger charge is -2.26. The summed E-state index contributed by atoms with van der Waals surface area (Å²) in [4.78, 5) is 0. The summed E-state index contributed by atoms with van der Waals surface area (Å²) in [5.41, 5.74) is 9.84. The zero-order valence-corrected chi connectivity index (χ0v) is 11.8. The Labute approximate surface area is 119 Å². The van der Waals surface area contributed by atoms with Crippen molar-refractivity contribution in [3.05, 3.63) is 53.1 Å².